The van der Waals surface area contributed by atoms with Crippen LogP contribution in [0.2, 0.25) is 0 Å². The van der Waals surface area contributed by atoms with Gasteiger partial charge in [-0.05, 0) is 0 Å². The normalized spacial score (nSPS) is 33.2. The van der Waals surface area contributed by atoms with E-state index in [1.807, 2.05) is 0 Å². The number of hydrogen-bond donors (Lipinski definition) is 2. The minimum absolute atomic E-state index is 0.699. The number of hydrogen-bond acceptors (Lipinski definition) is 25. The van der Waals surface area contributed by atoms with Crippen LogP contribution in [0.15, 0.2) is 0 Å². The zero-order valence-electron chi connectivity index (χ0n) is 34.6. The van der Waals surface area contributed by atoms with Crippen LogP contribution in [-0.2, 0) is 109 Å². The molecule has 344 valence electrons. The molecule has 3 saturated heterocycles. The van der Waals surface area contributed by atoms with Gasteiger partial charge in [0.15, 0.2) is 36.8 Å². The summed E-state index contributed by atoms with van der Waals surface area (Å²) in [5.74, 6) is -11.3. The molecule has 25 heteroatoms. The Balaban J connectivity index is 2.29. The van der Waals surface area contributed by atoms with Crippen molar-refractivity contribution in [2.45, 2.75) is 148 Å². The highest BCUT2D eigenvalue weighted by atomic mass is 16.8. The van der Waals surface area contributed by atoms with E-state index in [-0.39, 0.29) is 0 Å². The summed E-state index contributed by atoms with van der Waals surface area (Å²) in [4.78, 5) is 110. The lowest BCUT2D eigenvalue weighted by atomic mass is 9.97. The van der Waals surface area contributed by atoms with Crippen molar-refractivity contribution in [1.82, 2.24) is 0 Å². The van der Waals surface area contributed by atoms with E-state index in [1.165, 1.54) is 0 Å². The first kappa shape index (κ1) is 50.3. The van der Waals surface area contributed by atoms with Crippen LogP contribution in [-0.4, -0.2) is 176 Å². The van der Waals surface area contributed by atoms with Crippen molar-refractivity contribution >= 4 is 53.7 Å². The van der Waals surface area contributed by atoms with Crippen molar-refractivity contribution in [3.8, 4) is 0 Å². The minimum Gasteiger partial charge on any atom is -0.463 e. The van der Waals surface area contributed by atoms with E-state index in [1.54, 1.807) is 0 Å². The maximum Gasteiger partial charge on any atom is 0.303 e. The molecule has 3 fully saturated rings. The van der Waals surface area contributed by atoms with Gasteiger partial charge in [-0.3, -0.25) is 43.2 Å². The van der Waals surface area contributed by atoms with Gasteiger partial charge in [-0.15, -0.1) is 0 Å². The van der Waals surface area contributed by atoms with Crippen molar-refractivity contribution < 1.29 is 120 Å². The van der Waals surface area contributed by atoms with Gasteiger partial charge in [-0.25, -0.2) is 0 Å². The van der Waals surface area contributed by atoms with Gasteiger partial charge in [-0.2, -0.15) is 0 Å². The topological polar surface area (TPSA) is 323 Å². The summed E-state index contributed by atoms with van der Waals surface area (Å²) in [5.41, 5.74) is 0. The molecular weight excluding hydrogens is 832 g/mol. The second-order valence-corrected chi connectivity index (χ2v) is 13.8. The van der Waals surface area contributed by atoms with Crippen LogP contribution >= 0.6 is 0 Å². The Morgan fingerprint density at radius 3 is 1.31 bits per heavy atom. The van der Waals surface area contributed by atoms with Crippen LogP contribution in [0.5, 0.6) is 0 Å². The molecule has 0 aliphatic carbocycles. The summed E-state index contributed by atoms with van der Waals surface area (Å²) in [6.45, 7) is 5.64. The lowest BCUT2D eigenvalue weighted by molar-refractivity contribution is -0.400. The molecule has 2 N–H and O–H groups in total. The van der Waals surface area contributed by atoms with Crippen LogP contribution in [0.25, 0.3) is 0 Å². The maximum atomic E-state index is 12.6. The van der Waals surface area contributed by atoms with Crippen LogP contribution in [0.1, 0.15) is 62.3 Å². The van der Waals surface area contributed by atoms with E-state index in [2.05, 4.69) is 0 Å². The van der Waals surface area contributed by atoms with Crippen molar-refractivity contribution in [3.05, 3.63) is 0 Å². The third kappa shape index (κ3) is 14.3. The van der Waals surface area contributed by atoms with Gasteiger partial charge >= 0.3 is 53.7 Å². The fourth-order valence-electron chi connectivity index (χ4n) is 6.42. The Morgan fingerprint density at radius 2 is 0.836 bits per heavy atom. The van der Waals surface area contributed by atoms with E-state index >= 15 is 0 Å². The first-order valence-corrected chi connectivity index (χ1v) is 18.5. The van der Waals surface area contributed by atoms with Gasteiger partial charge in [-0.1, -0.05) is 0 Å². The summed E-state index contributed by atoms with van der Waals surface area (Å²) in [6.07, 6.45) is -24.1. The number of aliphatic hydroxyl groups is 2. The zero-order valence-corrected chi connectivity index (χ0v) is 34.6. The fourth-order valence-corrected chi connectivity index (χ4v) is 6.42. The Bertz CT molecular complexity index is 1630. The standard InChI is InChI=1S/C36H50O25/c1-14(37)48-10-23-26(46)29(53-19(6)42)31(55-21(8)44)35(57-23)61-36(13-51-17(4)40)33(27(47)24(60-36)11-49-15(2)38)59-34-32(56-22(9)45)30(54-20(7)43)28(52-18(5)41)25(58-34)12-50-16(3)39/h23-35,46-47H,10-13H2,1-9H3/t23-,24-,25-,26-,27-,28-,29+,30+,31-,32-,33+,34-,35-,36+/m1/s1. The van der Waals surface area contributed by atoms with Crippen molar-refractivity contribution in [3.63, 3.8) is 0 Å². The van der Waals surface area contributed by atoms with Gasteiger partial charge < -0.3 is 76.5 Å². The molecule has 3 aliphatic rings. The lowest BCUT2D eigenvalue weighted by Gasteiger charge is -2.47. The average molecular weight is 883 g/mol. The molecule has 3 aliphatic heterocycles. The minimum atomic E-state index is -2.74. The first-order chi connectivity index (χ1) is 28.4. The number of ether oxygens (including phenoxy) is 14. The second-order valence-electron chi connectivity index (χ2n) is 13.8. The molecular formula is C36H50O25. The van der Waals surface area contributed by atoms with Crippen LogP contribution in [0.3, 0.4) is 0 Å². The molecule has 0 spiro atoms. The molecule has 61 heavy (non-hydrogen) atoms. The molecule has 3 heterocycles. The number of esters is 9. The molecule has 0 radical (unpaired) electrons. The predicted molar refractivity (Wildman–Crippen MR) is 187 cm³/mol. The van der Waals surface area contributed by atoms with Crippen molar-refractivity contribution in [1.29, 1.82) is 0 Å². The Morgan fingerprint density at radius 1 is 0.443 bits per heavy atom. The summed E-state index contributed by atoms with van der Waals surface area (Å²) >= 11 is 0. The van der Waals surface area contributed by atoms with E-state index < -0.39 is 166 Å². The van der Waals surface area contributed by atoms with Gasteiger partial charge in [0.05, 0.1) is 0 Å². The van der Waals surface area contributed by atoms with Gasteiger partial charge in [0, 0.05) is 62.3 Å². The van der Waals surface area contributed by atoms with Gasteiger partial charge in [0.2, 0.25) is 12.1 Å². The summed E-state index contributed by atoms with van der Waals surface area (Å²) < 4.78 is 78.2. The van der Waals surface area contributed by atoms with Crippen molar-refractivity contribution in [2.75, 3.05) is 26.4 Å². The third-order valence-corrected chi connectivity index (χ3v) is 8.62. The van der Waals surface area contributed by atoms with Crippen molar-refractivity contribution in [2.24, 2.45) is 0 Å². The molecule has 0 bridgehead atoms. The molecule has 0 aromatic heterocycles. The highest BCUT2D eigenvalue weighted by Gasteiger charge is 2.64. The number of aliphatic hydroxyl groups excluding tert-OH is 2. The quantitative estimate of drug-likeness (QED) is 0.113. The largest absolute Gasteiger partial charge is 0.463 e. The smallest absolute Gasteiger partial charge is 0.303 e. The van der Waals surface area contributed by atoms with Crippen LogP contribution in [0.4, 0.5) is 0 Å². The van der Waals surface area contributed by atoms with Gasteiger partial charge in [0.25, 0.3) is 0 Å². The average Bonchev–Trinajstić information content (AvgIpc) is 3.38. The van der Waals surface area contributed by atoms with E-state index in [4.69, 9.17) is 66.3 Å². The van der Waals surface area contributed by atoms with E-state index in [9.17, 15) is 53.4 Å². The Labute approximate surface area is 347 Å². The van der Waals surface area contributed by atoms with E-state index in [0.717, 1.165) is 62.3 Å². The molecule has 0 aromatic carbocycles. The molecule has 0 aromatic rings. The Hall–Kier alpha value is -5.05. The fraction of sp³-hybridized carbons (Fsp3) is 0.750. The SMILES string of the molecule is CC(=O)OC[C@H]1O[C@@](COC(C)=O)(O[C@H]2O[C@H](COC(C)=O)[C@@H](O)[C@H](OC(C)=O)[C@H]2OC(C)=O)[C@@H](O[C@H]2O[C@H](COC(C)=O)[C@@H](OC(C)=O)[C@H](OC(C)=O)[C@H]2OC(C)=O)[C@@H]1O. The predicted octanol–water partition coefficient (Wildman–Crippen LogP) is -2.43. The maximum absolute atomic E-state index is 12.6. The summed E-state index contributed by atoms with van der Waals surface area (Å²) in [5, 5.41) is 23.1. The molecule has 3 rings (SSSR count). The van der Waals surface area contributed by atoms with Crippen LogP contribution in [0, 0.1) is 0 Å². The third-order valence-electron chi connectivity index (χ3n) is 8.62. The molecule has 0 amide bonds. The number of rotatable bonds is 17. The van der Waals surface area contributed by atoms with Crippen LogP contribution < -0.4 is 0 Å². The molecule has 25 nitrogen and oxygen atoms in total. The monoisotopic (exact) mass is 882 g/mol. The van der Waals surface area contributed by atoms with Gasteiger partial charge in [0.1, 0.15) is 63.1 Å². The first-order valence-electron chi connectivity index (χ1n) is 18.5. The molecule has 0 unspecified atom stereocenters. The number of carbonyl (C=O) groups is 9. The summed E-state index contributed by atoms with van der Waals surface area (Å²) in [6, 6.07) is 0. The van der Waals surface area contributed by atoms with E-state index in [0.29, 0.717) is 0 Å². The Kier molecular flexibility index (Phi) is 18.3. The summed E-state index contributed by atoms with van der Waals surface area (Å²) in [7, 11) is 0. The zero-order chi connectivity index (χ0) is 45.9. The lowest BCUT2D eigenvalue weighted by Crippen LogP contribution is -2.66. The highest BCUT2D eigenvalue weighted by molar-refractivity contribution is 5.69. The highest BCUT2D eigenvalue weighted by Crippen LogP contribution is 2.42. The molecule has 0 saturated carbocycles. The second kappa shape index (κ2) is 22.2. The number of carbonyl (C=O) groups excluding carboxylic acids is 9. The molecule has 14 atom stereocenters.